The first-order valence-corrected chi connectivity index (χ1v) is 11.8. The Morgan fingerprint density at radius 3 is 2.61 bits per heavy atom. The summed E-state index contributed by atoms with van der Waals surface area (Å²) >= 11 is 0. The molecule has 1 aromatic rings. The summed E-state index contributed by atoms with van der Waals surface area (Å²) in [6.45, 7) is 20.3. The normalized spacial score (nSPS) is 19.1. The molecule has 0 radical (unpaired) electrons. The van der Waals surface area contributed by atoms with Gasteiger partial charge in [0.25, 0.3) is 0 Å². The summed E-state index contributed by atoms with van der Waals surface area (Å²) in [6, 6.07) is 10.3. The number of carbonyl (C=O) groups is 1. The molecule has 1 aliphatic heterocycles. The van der Waals surface area contributed by atoms with Crippen molar-refractivity contribution in [2.75, 3.05) is 19.6 Å². The van der Waals surface area contributed by atoms with Gasteiger partial charge in [-0.15, -0.1) is 0 Å². The quantitative estimate of drug-likeness (QED) is 0.469. The highest BCUT2D eigenvalue weighted by Crippen LogP contribution is 2.36. The van der Waals surface area contributed by atoms with E-state index in [-0.39, 0.29) is 17.6 Å². The van der Waals surface area contributed by atoms with Gasteiger partial charge in [0.2, 0.25) is 0 Å². The van der Waals surface area contributed by atoms with E-state index in [9.17, 15) is 9.90 Å². The Hall–Kier alpha value is -2.37. The number of allylic oxidation sites excluding steroid dienone is 2. The number of carbonyl (C=O) groups excluding carboxylic acids is 1. The standard InChI is InChI=1S/C28H42N2O3/c1-8-9-13-22(2)19-29(20-23-14-11-10-12-15-23)17-16-25(31)24-18-28(6,7)30(21-24)26(32)33-27(3,4)5/h8-15,24-25,31H,1-2,16-21H2,3-7H3/b13-9-. The Morgan fingerprint density at radius 1 is 1.33 bits per heavy atom. The van der Waals surface area contributed by atoms with Crippen LogP contribution in [-0.4, -0.2) is 57.9 Å². The van der Waals surface area contributed by atoms with Gasteiger partial charge in [-0.3, -0.25) is 4.90 Å². The SMILES string of the molecule is C=C/C=C\C(=C)CN(CCC(O)C1CN(C(=O)OC(C)(C)C)C(C)(C)C1)Cc1ccccc1. The molecule has 1 N–H and O–H groups in total. The number of likely N-dealkylation sites (tertiary alicyclic amines) is 1. The molecule has 1 heterocycles. The zero-order chi connectivity index (χ0) is 24.6. The second kappa shape index (κ2) is 11.7. The van der Waals surface area contributed by atoms with Crippen molar-refractivity contribution in [3.63, 3.8) is 0 Å². The van der Waals surface area contributed by atoms with Gasteiger partial charge < -0.3 is 14.7 Å². The zero-order valence-corrected chi connectivity index (χ0v) is 21.1. The molecule has 0 spiro atoms. The number of amides is 1. The molecule has 33 heavy (non-hydrogen) atoms. The van der Waals surface area contributed by atoms with Crippen LogP contribution in [0.15, 0.2) is 67.3 Å². The fraction of sp³-hybridized carbons (Fsp3) is 0.536. The van der Waals surface area contributed by atoms with Gasteiger partial charge in [-0.2, -0.15) is 0 Å². The van der Waals surface area contributed by atoms with E-state index in [4.69, 9.17) is 4.74 Å². The van der Waals surface area contributed by atoms with Crippen molar-refractivity contribution in [1.82, 2.24) is 9.80 Å². The van der Waals surface area contributed by atoms with E-state index >= 15 is 0 Å². The Bertz CT molecular complexity index is 823. The van der Waals surface area contributed by atoms with Crippen LogP contribution in [0.25, 0.3) is 0 Å². The predicted molar refractivity (Wildman–Crippen MR) is 136 cm³/mol. The molecule has 0 bridgehead atoms. The van der Waals surface area contributed by atoms with E-state index in [1.165, 1.54) is 5.56 Å². The van der Waals surface area contributed by atoms with E-state index in [2.05, 4.69) is 30.2 Å². The first kappa shape index (κ1) is 26.9. The summed E-state index contributed by atoms with van der Waals surface area (Å²) in [4.78, 5) is 16.8. The molecule has 1 fully saturated rings. The minimum atomic E-state index is -0.537. The van der Waals surface area contributed by atoms with Crippen LogP contribution in [0.4, 0.5) is 4.79 Å². The van der Waals surface area contributed by atoms with Gasteiger partial charge in [0.1, 0.15) is 5.60 Å². The molecule has 0 aromatic heterocycles. The van der Waals surface area contributed by atoms with Gasteiger partial charge in [-0.05, 0) is 58.6 Å². The maximum Gasteiger partial charge on any atom is 0.410 e. The smallest absolute Gasteiger partial charge is 0.410 e. The maximum absolute atomic E-state index is 12.7. The molecule has 5 nitrogen and oxygen atoms in total. The molecule has 0 aliphatic carbocycles. The molecule has 1 aromatic carbocycles. The van der Waals surface area contributed by atoms with Gasteiger partial charge in [0.05, 0.1) is 6.10 Å². The van der Waals surface area contributed by atoms with Gasteiger partial charge in [-0.25, -0.2) is 4.79 Å². The number of aliphatic hydroxyl groups excluding tert-OH is 1. The largest absolute Gasteiger partial charge is 0.444 e. The monoisotopic (exact) mass is 454 g/mol. The first-order chi connectivity index (χ1) is 15.4. The topological polar surface area (TPSA) is 53.0 Å². The van der Waals surface area contributed by atoms with Crippen LogP contribution in [0.5, 0.6) is 0 Å². The molecule has 2 unspecified atom stereocenters. The molecule has 1 saturated heterocycles. The molecule has 1 amide bonds. The van der Waals surface area contributed by atoms with Crippen molar-refractivity contribution >= 4 is 6.09 Å². The number of hydrogen-bond acceptors (Lipinski definition) is 4. The summed E-state index contributed by atoms with van der Waals surface area (Å²) in [7, 11) is 0. The second-order valence-electron chi connectivity index (χ2n) is 10.7. The highest BCUT2D eigenvalue weighted by atomic mass is 16.6. The van der Waals surface area contributed by atoms with Gasteiger partial charge in [-0.1, -0.05) is 61.7 Å². The zero-order valence-electron chi connectivity index (χ0n) is 21.1. The maximum atomic E-state index is 12.7. The van der Waals surface area contributed by atoms with E-state index in [1.807, 2.05) is 65.0 Å². The third-order valence-corrected chi connectivity index (χ3v) is 5.95. The van der Waals surface area contributed by atoms with Gasteiger partial charge in [0, 0.05) is 37.6 Å². The van der Waals surface area contributed by atoms with Crippen molar-refractivity contribution in [2.45, 2.75) is 71.2 Å². The summed E-state index contributed by atoms with van der Waals surface area (Å²) < 4.78 is 5.60. The Kier molecular flexibility index (Phi) is 9.50. The number of hydrogen-bond donors (Lipinski definition) is 1. The Balaban J connectivity index is 2.01. The van der Waals surface area contributed by atoms with E-state index in [0.717, 1.165) is 25.1 Å². The number of nitrogens with zero attached hydrogens (tertiary/aromatic N) is 2. The molecular formula is C28H42N2O3. The van der Waals surface area contributed by atoms with Crippen molar-refractivity contribution < 1.29 is 14.6 Å². The van der Waals surface area contributed by atoms with Crippen LogP contribution in [0, 0.1) is 5.92 Å². The van der Waals surface area contributed by atoms with Crippen LogP contribution < -0.4 is 0 Å². The lowest BCUT2D eigenvalue weighted by molar-refractivity contribution is 0.0122. The van der Waals surface area contributed by atoms with Crippen LogP contribution >= 0.6 is 0 Å². The third kappa shape index (κ3) is 8.82. The number of ether oxygens (including phenoxy) is 1. The van der Waals surface area contributed by atoms with Crippen LogP contribution in [0.1, 0.15) is 53.0 Å². The molecule has 0 saturated carbocycles. The first-order valence-electron chi connectivity index (χ1n) is 11.8. The fourth-order valence-corrected chi connectivity index (χ4v) is 4.34. The highest BCUT2D eigenvalue weighted by molar-refractivity contribution is 5.69. The fourth-order valence-electron chi connectivity index (χ4n) is 4.34. The third-order valence-electron chi connectivity index (χ3n) is 5.95. The van der Waals surface area contributed by atoms with Gasteiger partial charge in [0.15, 0.2) is 0 Å². The average molecular weight is 455 g/mol. The van der Waals surface area contributed by atoms with Crippen LogP contribution in [0.2, 0.25) is 0 Å². The summed E-state index contributed by atoms with van der Waals surface area (Å²) in [5.41, 5.74) is 1.34. The summed E-state index contributed by atoms with van der Waals surface area (Å²) in [5.74, 6) is 0.0231. The van der Waals surface area contributed by atoms with E-state index in [0.29, 0.717) is 19.5 Å². The second-order valence-corrected chi connectivity index (χ2v) is 10.7. The van der Waals surface area contributed by atoms with Crippen molar-refractivity contribution in [1.29, 1.82) is 0 Å². The van der Waals surface area contributed by atoms with Crippen molar-refractivity contribution in [2.24, 2.45) is 5.92 Å². The summed E-state index contributed by atoms with van der Waals surface area (Å²) in [5, 5.41) is 11.0. The Labute approximate surface area is 200 Å². The average Bonchev–Trinajstić information content (AvgIpc) is 3.05. The van der Waals surface area contributed by atoms with E-state index in [1.54, 1.807) is 11.0 Å². The molecule has 2 rings (SSSR count). The number of benzene rings is 1. The molecule has 2 atom stereocenters. The highest BCUT2D eigenvalue weighted by Gasteiger charge is 2.45. The predicted octanol–water partition coefficient (Wildman–Crippen LogP) is 5.57. The minimum absolute atomic E-state index is 0.0231. The Morgan fingerprint density at radius 2 is 2.00 bits per heavy atom. The lowest BCUT2D eigenvalue weighted by Gasteiger charge is -2.33. The number of aliphatic hydroxyl groups is 1. The summed E-state index contributed by atoms with van der Waals surface area (Å²) in [6.07, 6.45) is 6.19. The van der Waals surface area contributed by atoms with Crippen LogP contribution in [0.3, 0.4) is 0 Å². The van der Waals surface area contributed by atoms with E-state index < -0.39 is 11.7 Å². The molecule has 5 heteroatoms. The molecular weight excluding hydrogens is 412 g/mol. The minimum Gasteiger partial charge on any atom is -0.444 e. The lowest BCUT2D eigenvalue weighted by Crippen LogP contribution is -2.45. The van der Waals surface area contributed by atoms with Crippen LogP contribution in [-0.2, 0) is 11.3 Å². The van der Waals surface area contributed by atoms with Crippen molar-refractivity contribution in [3.8, 4) is 0 Å². The van der Waals surface area contributed by atoms with Crippen molar-refractivity contribution in [3.05, 3.63) is 72.9 Å². The molecule has 182 valence electrons. The number of rotatable bonds is 10. The molecule has 1 aliphatic rings. The van der Waals surface area contributed by atoms with Gasteiger partial charge >= 0.3 is 6.09 Å². The lowest BCUT2D eigenvalue weighted by atomic mass is 9.91.